The minimum absolute atomic E-state index is 0.0141. The molecule has 2 heterocycles. The zero-order chi connectivity index (χ0) is 17.2. The molecule has 0 atom stereocenters. The van der Waals surface area contributed by atoms with Gasteiger partial charge in [0.25, 0.3) is 10.0 Å². The van der Waals surface area contributed by atoms with E-state index in [1.807, 2.05) is 4.72 Å². The average Bonchev–Trinajstić information content (AvgIpc) is 2.77. The molecule has 0 aromatic carbocycles. The van der Waals surface area contributed by atoms with Crippen LogP contribution >= 0.6 is 11.3 Å². The molecule has 0 aliphatic rings. The highest BCUT2D eigenvalue weighted by Gasteiger charge is 2.23. The van der Waals surface area contributed by atoms with Gasteiger partial charge < -0.3 is 4.74 Å². The molecule has 9 nitrogen and oxygen atoms in total. The Hall–Kier alpha value is -2.27. The van der Waals surface area contributed by atoms with E-state index in [0.29, 0.717) is 16.3 Å². The Bertz CT molecular complexity index is 828. The van der Waals surface area contributed by atoms with Crippen LogP contribution in [0.25, 0.3) is 0 Å². The lowest BCUT2D eigenvalue weighted by Gasteiger charge is -2.09. The van der Waals surface area contributed by atoms with Gasteiger partial charge in [0, 0.05) is 4.88 Å². The van der Waals surface area contributed by atoms with Gasteiger partial charge in [0.1, 0.15) is 10.7 Å². The Kier molecular flexibility index (Phi) is 4.80. The lowest BCUT2D eigenvalue weighted by molar-refractivity contribution is 0.256. The van der Waals surface area contributed by atoms with Gasteiger partial charge in [-0.2, -0.15) is 15.0 Å². The lowest BCUT2D eigenvalue weighted by Crippen LogP contribution is -2.35. The van der Waals surface area contributed by atoms with Crippen LogP contribution in [0.15, 0.2) is 10.3 Å². The Labute approximate surface area is 137 Å². The number of rotatable bonds is 4. The molecule has 124 valence electrons. The summed E-state index contributed by atoms with van der Waals surface area (Å²) in [6.07, 6.45) is 0. The first-order valence-electron chi connectivity index (χ1n) is 6.38. The lowest BCUT2D eigenvalue weighted by atomic mass is 10.3. The predicted molar refractivity (Wildman–Crippen MR) is 84.2 cm³/mol. The number of methoxy groups -OCH3 is 1. The number of thiophene rings is 1. The number of aryl methyl sites for hydroxylation is 3. The van der Waals surface area contributed by atoms with Gasteiger partial charge in [-0.15, -0.1) is 11.3 Å². The van der Waals surface area contributed by atoms with Crippen molar-refractivity contribution >= 4 is 33.3 Å². The van der Waals surface area contributed by atoms with E-state index in [1.54, 1.807) is 26.2 Å². The second kappa shape index (κ2) is 6.46. The molecule has 2 aromatic heterocycles. The van der Waals surface area contributed by atoms with Crippen LogP contribution in [-0.2, 0) is 10.0 Å². The number of aromatic nitrogens is 3. The van der Waals surface area contributed by atoms with Crippen molar-refractivity contribution in [3.05, 3.63) is 21.6 Å². The summed E-state index contributed by atoms with van der Waals surface area (Å²) < 4.78 is 31.4. The highest BCUT2D eigenvalue weighted by Crippen LogP contribution is 2.25. The first kappa shape index (κ1) is 17.1. The second-order valence-corrected chi connectivity index (χ2v) is 7.26. The molecule has 0 bridgehead atoms. The van der Waals surface area contributed by atoms with Crippen LogP contribution in [0.3, 0.4) is 0 Å². The summed E-state index contributed by atoms with van der Waals surface area (Å²) >= 11 is 1.30. The van der Waals surface area contributed by atoms with Crippen molar-refractivity contribution in [1.29, 1.82) is 0 Å². The molecule has 2 rings (SSSR count). The molecule has 11 heteroatoms. The average molecular weight is 357 g/mol. The van der Waals surface area contributed by atoms with E-state index in [2.05, 4.69) is 20.3 Å². The highest BCUT2D eigenvalue weighted by atomic mass is 32.2. The zero-order valence-corrected chi connectivity index (χ0v) is 14.5. The fraction of sp³-hybridized carbons (Fsp3) is 0.333. The van der Waals surface area contributed by atoms with Gasteiger partial charge in [0.2, 0.25) is 5.95 Å². The van der Waals surface area contributed by atoms with Gasteiger partial charge >= 0.3 is 12.0 Å². The maximum absolute atomic E-state index is 12.3. The van der Waals surface area contributed by atoms with Crippen LogP contribution in [0.1, 0.15) is 16.3 Å². The Balaban J connectivity index is 2.18. The Morgan fingerprint density at radius 3 is 2.48 bits per heavy atom. The summed E-state index contributed by atoms with van der Waals surface area (Å²) in [4.78, 5) is 24.2. The van der Waals surface area contributed by atoms with Gasteiger partial charge in [0.15, 0.2) is 0 Å². The molecular formula is C12H15N5O4S2. The molecule has 0 saturated carbocycles. The van der Waals surface area contributed by atoms with Crippen molar-refractivity contribution in [2.75, 3.05) is 12.4 Å². The van der Waals surface area contributed by atoms with E-state index in [4.69, 9.17) is 4.74 Å². The maximum Gasteiger partial charge on any atom is 0.335 e. The number of amides is 2. The summed E-state index contributed by atoms with van der Waals surface area (Å²) in [7, 11) is -2.61. The normalized spacial score (nSPS) is 11.1. The number of ether oxygens (including phenoxy) is 1. The van der Waals surface area contributed by atoms with Crippen molar-refractivity contribution in [3.63, 3.8) is 0 Å². The number of nitrogens with zero attached hydrogens (tertiary/aromatic N) is 3. The van der Waals surface area contributed by atoms with E-state index in [9.17, 15) is 13.2 Å². The molecule has 0 spiro atoms. The summed E-state index contributed by atoms with van der Waals surface area (Å²) in [6, 6.07) is -0.956. The first-order valence-corrected chi connectivity index (χ1v) is 8.74. The third kappa shape index (κ3) is 3.93. The molecule has 0 saturated heterocycles. The van der Waals surface area contributed by atoms with E-state index >= 15 is 0 Å². The molecule has 2 aromatic rings. The molecule has 2 N–H and O–H groups in total. The largest absolute Gasteiger partial charge is 0.467 e. The second-order valence-electron chi connectivity index (χ2n) is 4.56. The van der Waals surface area contributed by atoms with Crippen molar-refractivity contribution in [2.45, 2.75) is 25.7 Å². The van der Waals surface area contributed by atoms with Crippen LogP contribution in [0, 0.1) is 20.8 Å². The minimum atomic E-state index is -3.98. The summed E-state index contributed by atoms with van der Waals surface area (Å²) in [5.41, 5.74) is 0.575. The number of hydrogen-bond acceptors (Lipinski definition) is 8. The van der Waals surface area contributed by atoms with E-state index in [-0.39, 0.29) is 16.9 Å². The van der Waals surface area contributed by atoms with Gasteiger partial charge in [-0.3, -0.25) is 5.32 Å². The van der Waals surface area contributed by atoms with Crippen molar-refractivity contribution in [2.24, 2.45) is 0 Å². The Morgan fingerprint density at radius 1 is 1.22 bits per heavy atom. The maximum atomic E-state index is 12.3. The Morgan fingerprint density at radius 2 is 1.91 bits per heavy atom. The fourth-order valence-electron chi connectivity index (χ4n) is 1.87. The third-order valence-corrected chi connectivity index (χ3v) is 5.50. The van der Waals surface area contributed by atoms with Gasteiger partial charge in [0.05, 0.1) is 7.11 Å². The van der Waals surface area contributed by atoms with Crippen molar-refractivity contribution in [1.82, 2.24) is 19.7 Å². The SMILES string of the molecule is COc1nc(C)nc(NC(=O)NS(=O)(=O)c2c(C)csc2C)n1. The molecule has 0 unspecified atom stereocenters. The number of anilines is 1. The van der Waals surface area contributed by atoms with Crippen LogP contribution in [-0.4, -0.2) is 36.5 Å². The monoisotopic (exact) mass is 357 g/mol. The van der Waals surface area contributed by atoms with Gasteiger partial charge in [-0.1, -0.05) is 0 Å². The van der Waals surface area contributed by atoms with E-state index in [0.717, 1.165) is 0 Å². The molecule has 23 heavy (non-hydrogen) atoms. The molecular weight excluding hydrogens is 342 g/mol. The van der Waals surface area contributed by atoms with Crippen LogP contribution in [0.4, 0.5) is 10.7 Å². The molecule has 2 amide bonds. The number of sulfonamides is 1. The van der Waals surface area contributed by atoms with Gasteiger partial charge in [-0.05, 0) is 31.7 Å². The number of urea groups is 1. The van der Waals surface area contributed by atoms with Crippen LogP contribution in [0.5, 0.6) is 6.01 Å². The zero-order valence-electron chi connectivity index (χ0n) is 12.9. The van der Waals surface area contributed by atoms with E-state index < -0.39 is 16.1 Å². The molecule has 0 aliphatic heterocycles. The summed E-state index contributed by atoms with van der Waals surface area (Å²) in [6.45, 7) is 4.92. The minimum Gasteiger partial charge on any atom is -0.467 e. The number of nitrogens with one attached hydrogen (secondary N) is 2. The van der Waals surface area contributed by atoms with Crippen molar-refractivity contribution < 1.29 is 17.9 Å². The highest BCUT2D eigenvalue weighted by molar-refractivity contribution is 7.90. The fourth-order valence-corrected chi connectivity index (χ4v) is 4.41. The number of carbonyl (C=O) groups excluding carboxylic acids is 1. The summed E-state index contributed by atoms with van der Waals surface area (Å²) in [5.74, 6) is 0.209. The van der Waals surface area contributed by atoms with Crippen LogP contribution in [0.2, 0.25) is 0 Å². The van der Waals surface area contributed by atoms with E-state index in [1.165, 1.54) is 18.4 Å². The van der Waals surface area contributed by atoms with Gasteiger partial charge in [-0.25, -0.2) is 17.9 Å². The number of hydrogen-bond donors (Lipinski definition) is 2. The third-order valence-electron chi connectivity index (χ3n) is 2.72. The standard InChI is InChI=1S/C12H15N5O4S2/c1-6-5-22-7(2)9(6)23(19,20)17-11(18)15-10-13-8(3)14-12(16-10)21-4/h5H,1-4H3,(H2,13,14,15,16,17,18). The quantitative estimate of drug-likeness (QED) is 0.847. The summed E-state index contributed by atoms with van der Waals surface area (Å²) in [5, 5.41) is 3.96. The smallest absolute Gasteiger partial charge is 0.335 e. The topological polar surface area (TPSA) is 123 Å². The molecule has 0 aliphatic carbocycles. The number of carbonyl (C=O) groups is 1. The molecule has 0 fully saturated rings. The van der Waals surface area contributed by atoms with Crippen molar-refractivity contribution in [3.8, 4) is 6.01 Å². The first-order chi connectivity index (χ1) is 10.7. The predicted octanol–water partition coefficient (Wildman–Crippen LogP) is 1.38. The molecule has 0 radical (unpaired) electrons. The van der Waals surface area contributed by atoms with Crippen LogP contribution < -0.4 is 14.8 Å².